The molecule has 0 aliphatic heterocycles. The zero-order valence-electron chi connectivity index (χ0n) is 11.7. The number of hydrogen-bond donors (Lipinski definition) is 0. The summed E-state index contributed by atoms with van der Waals surface area (Å²) < 4.78 is 0. The van der Waals surface area contributed by atoms with E-state index in [4.69, 9.17) is 0 Å². The quantitative estimate of drug-likeness (QED) is 0.626. The summed E-state index contributed by atoms with van der Waals surface area (Å²) in [6, 6.07) is 13.1. The first-order chi connectivity index (χ1) is 8.63. The fraction of sp³-hybridized carbons (Fsp3) is 0.412. The van der Waals surface area contributed by atoms with Gasteiger partial charge in [-0.3, -0.25) is 0 Å². The maximum absolute atomic E-state index is 2.41. The molecule has 0 bridgehead atoms. The van der Waals surface area contributed by atoms with Crippen LogP contribution in [0, 0.1) is 0 Å². The number of rotatable bonds is 4. The molecule has 0 fully saturated rings. The lowest BCUT2D eigenvalue weighted by atomic mass is 9.95. The largest absolute Gasteiger partial charge is 0.140 e. The third-order valence-corrected chi connectivity index (χ3v) is 5.02. The maximum Gasteiger partial charge on any atom is 0.0348 e. The molecule has 1 heteroatoms. The third kappa shape index (κ3) is 2.67. The molecule has 1 aromatic carbocycles. The molecule has 0 radical (unpaired) electrons. The Morgan fingerprint density at radius 2 is 1.72 bits per heavy atom. The molecule has 0 saturated carbocycles. The van der Waals surface area contributed by atoms with Gasteiger partial charge >= 0.3 is 0 Å². The van der Waals surface area contributed by atoms with Crippen molar-refractivity contribution >= 4 is 11.3 Å². The second kappa shape index (κ2) is 5.71. The lowest BCUT2D eigenvalue weighted by Crippen LogP contribution is -1.95. The van der Waals surface area contributed by atoms with E-state index in [2.05, 4.69) is 64.1 Å². The van der Waals surface area contributed by atoms with Crippen molar-refractivity contribution in [2.45, 2.75) is 46.0 Å². The van der Waals surface area contributed by atoms with Gasteiger partial charge in [-0.15, -0.1) is 11.3 Å². The van der Waals surface area contributed by atoms with Crippen LogP contribution >= 0.6 is 11.3 Å². The van der Waals surface area contributed by atoms with Crippen molar-refractivity contribution in [3.05, 3.63) is 46.8 Å². The Bertz CT molecular complexity index is 494. The Morgan fingerprint density at radius 1 is 1.06 bits per heavy atom. The predicted molar refractivity (Wildman–Crippen MR) is 82.6 cm³/mol. The van der Waals surface area contributed by atoms with E-state index < -0.39 is 0 Å². The van der Waals surface area contributed by atoms with Gasteiger partial charge in [-0.05, 0) is 35.4 Å². The summed E-state index contributed by atoms with van der Waals surface area (Å²) in [5, 5.41) is 0. The number of thiophene rings is 1. The minimum Gasteiger partial charge on any atom is -0.140 e. The van der Waals surface area contributed by atoms with Crippen LogP contribution in [0.5, 0.6) is 0 Å². The Balaban J connectivity index is 2.46. The molecule has 1 atom stereocenters. The van der Waals surface area contributed by atoms with Gasteiger partial charge in [0.1, 0.15) is 0 Å². The van der Waals surface area contributed by atoms with Crippen molar-refractivity contribution < 1.29 is 0 Å². The molecule has 0 aliphatic rings. The van der Waals surface area contributed by atoms with Crippen LogP contribution in [0.15, 0.2) is 36.4 Å². The molecule has 2 rings (SSSR count). The highest BCUT2D eigenvalue weighted by atomic mass is 32.1. The molecular weight excluding hydrogens is 236 g/mol. The first kappa shape index (κ1) is 13.4. The zero-order chi connectivity index (χ0) is 13.1. The van der Waals surface area contributed by atoms with E-state index >= 15 is 0 Å². The average Bonchev–Trinajstić information content (AvgIpc) is 2.84. The van der Waals surface area contributed by atoms with Crippen LogP contribution in [0.1, 0.15) is 56.4 Å². The van der Waals surface area contributed by atoms with E-state index in [0.29, 0.717) is 11.8 Å². The van der Waals surface area contributed by atoms with Crippen LogP contribution in [0.2, 0.25) is 0 Å². The van der Waals surface area contributed by atoms with Crippen molar-refractivity contribution in [2.75, 3.05) is 0 Å². The Labute approximate surface area is 115 Å². The second-order valence-electron chi connectivity index (χ2n) is 5.26. The molecule has 1 heterocycles. The molecular formula is C17H22S. The lowest BCUT2D eigenvalue weighted by Gasteiger charge is -2.11. The molecule has 0 N–H and O–H groups in total. The highest BCUT2D eigenvalue weighted by molar-refractivity contribution is 7.15. The van der Waals surface area contributed by atoms with Gasteiger partial charge in [0.2, 0.25) is 0 Å². The van der Waals surface area contributed by atoms with E-state index in [9.17, 15) is 0 Å². The number of benzene rings is 1. The maximum atomic E-state index is 2.41. The van der Waals surface area contributed by atoms with Crippen LogP contribution < -0.4 is 0 Å². The van der Waals surface area contributed by atoms with Crippen LogP contribution in [0.3, 0.4) is 0 Å². The molecule has 0 amide bonds. The first-order valence-electron chi connectivity index (χ1n) is 6.82. The van der Waals surface area contributed by atoms with Crippen molar-refractivity contribution in [2.24, 2.45) is 0 Å². The van der Waals surface area contributed by atoms with Crippen LogP contribution in [0.4, 0.5) is 0 Å². The van der Waals surface area contributed by atoms with Crippen molar-refractivity contribution in [1.82, 2.24) is 0 Å². The molecule has 1 unspecified atom stereocenters. The topological polar surface area (TPSA) is 0 Å². The van der Waals surface area contributed by atoms with Crippen LogP contribution in [-0.2, 0) is 0 Å². The molecule has 18 heavy (non-hydrogen) atoms. The Morgan fingerprint density at radius 3 is 2.28 bits per heavy atom. The normalized spacial score (nSPS) is 12.9. The summed E-state index contributed by atoms with van der Waals surface area (Å²) in [4.78, 5) is 2.97. The van der Waals surface area contributed by atoms with E-state index in [1.165, 1.54) is 16.9 Å². The Hall–Kier alpha value is -1.08. The molecule has 0 nitrogen and oxygen atoms in total. The van der Waals surface area contributed by atoms with Gasteiger partial charge in [-0.25, -0.2) is 0 Å². The summed E-state index contributed by atoms with van der Waals surface area (Å²) in [5.41, 5.74) is 2.90. The van der Waals surface area contributed by atoms with Gasteiger partial charge in [-0.2, -0.15) is 0 Å². The summed E-state index contributed by atoms with van der Waals surface area (Å²) in [5.74, 6) is 1.28. The van der Waals surface area contributed by atoms with Gasteiger partial charge < -0.3 is 0 Å². The average molecular weight is 258 g/mol. The standard InChI is InChI=1S/C17H22S/c1-5-13(4)15-11-16(18-17(15)12(2)3)14-9-7-6-8-10-14/h6-13H,5H2,1-4H3. The van der Waals surface area contributed by atoms with Crippen molar-refractivity contribution in [1.29, 1.82) is 0 Å². The highest BCUT2D eigenvalue weighted by Gasteiger charge is 2.16. The fourth-order valence-electron chi connectivity index (χ4n) is 2.22. The SMILES string of the molecule is CCC(C)c1cc(-c2ccccc2)sc1C(C)C. The van der Waals surface area contributed by atoms with E-state index in [1.54, 1.807) is 10.4 Å². The van der Waals surface area contributed by atoms with Crippen LogP contribution in [-0.4, -0.2) is 0 Å². The van der Waals surface area contributed by atoms with Gasteiger partial charge in [0.25, 0.3) is 0 Å². The zero-order valence-corrected chi connectivity index (χ0v) is 12.6. The fourth-order valence-corrected chi connectivity index (χ4v) is 3.51. The summed E-state index contributed by atoms with van der Waals surface area (Å²) in [6.07, 6.45) is 1.21. The summed E-state index contributed by atoms with van der Waals surface area (Å²) in [6.45, 7) is 9.20. The van der Waals surface area contributed by atoms with Gasteiger partial charge in [0.15, 0.2) is 0 Å². The van der Waals surface area contributed by atoms with E-state index in [1.807, 2.05) is 11.3 Å². The van der Waals surface area contributed by atoms with E-state index in [0.717, 1.165) is 0 Å². The molecule has 0 spiro atoms. The summed E-state index contributed by atoms with van der Waals surface area (Å²) in [7, 11) is 0. The minimum absolute atomic E-state index is 0.622. The van der Waals surface area contributed by atoms with Crippen LogP contribution in [0.25, 0.3) is 10.4 Å². The smallest absolute Gasteiger partial charge is 0.0348 e. The molecule has 0 saturated heterocycles. The van der Waals surface area contributed by atoms with Crippen molar-refractivity contribution in [3.63, 3.8) is 0 Å². The van der Waals surface area contributed by atoms with Gasteiger partial charge in [0, 0.05) is 9.75 Å². The monoisotopic (exact) mass is 258 g/mol. The molecule has 96 valence electrons. The third-order valence-electron chi connectivity index (χ3n) is 3.52. The van der Waals surface area contributed by atoms with Gasteiger partial charge in [-0.1, -0.05) is 58.0 Å². The Kier molecular flexibility index (Phi) is 4.23. The summed E-state index contributed by atoms with van der Waals surface area (Å²) >= 11 is 1.96. The molecule has 0 aliphatic carbocycles. The minimum atomic E-state index is 0.622. The lowest BCUT2D eigenvalue weighted by molar-refractivity contribution is 0.717. The first-order valence-corrected chi connectivity index (χ1v) is 7.64. The van der Waals surface area contributed by atoms with Gasteiger partial charge in [0.05, 0.1) is 0 Å². The molecule has 2 aromatic rings. The number of hydrogen-bond acceptors (Lipinski definition) is 1. The van der Waals surface area contributed by atoms with E-state index in [-0.39, 0.29) is 0 Å². The predicted octanol–water partition coefficient (Wildman–Crippen LogP) is 6.05. The second-order valence-corrected chi connectivity index (χ2v) is 6.34. The highest BCUT2D eigenvalue weighted by Crippen LogP contribution is 2.39. The van der Waals surface area contributed by atoms with Crippen molar-refractivity contribution in [3.8, 4) is 10.4 Å². The molecule has 1 aromatic heterocycles.